The van der Waals surface area contributed by atoms with Gasteiger partial charge in [0.25, 0.3) is 5.91 Å². The molecule has 0 aliphatic rings. The largest absolute Gasteiger partial charge is 0.478 e. The fraction of sp³-hybridized carbons (Fsp3) is 0.0909. The highest BCUT2D eigenvalue weighted by Gasteiger charge is 2.09. The maximum absolute atomic E-state index is 11.7. The van der Waals surface area contributed by atoms with Crippen LogP contribution in [0.25, 0.3) is 0 Å². The number of hydrogen-bond donors (Lipinski definition) is 2. The second-order valence-electron chi connectivity index (χ2n) is 3.35. The smallest absolute Gasteiger partial charge is 0.337 e. The monoisotopic (exact) mass is 263 g/mol. The Bertz CT molecular complexity index is 551. The lowest BCUT2D eigenvalue weighted by atomic mass is 10.2. The van der Waals surface area contributed by atoms with Crippen LogP contribution in [0.15, 0.2) is 29.9 Å². The lowest BCUT2D eigenvalue weighted by Gasteiger charge is -2.02. The third-order valence-electron chi connectivity index (χ3n) is 2.13. The molecule has 0 fully saturated rings. The molecule has 0 aliphatic heterocycles. The van der Waals surface area contributed by atoms with Crippen LogP contribution in [0.1, 0.15) is 25.9 Å². The molecule has 92 valence electrons. The minimum atomic E-state index is -1.07. The van der Waals surface area contributed by atoms with E-state index in [0.717, 1.165) is 11.2 Å². The first-order valence-corrected chi connectivity index (χ1v) is 5.90. The molecule has 7 heteroatoms. The summed E-state index contributed by atoms with van der Waals surface area (Å²) in [5.41, 5.74) is 0.225. The van der Waals surface area contributed by atoms with Crippen molar-refractivity contribution in [3.05, 3.63) is 46.2 Å². The number of amides is 1. The summed E-state index contributed by atoms with van der Waals surface area (Å²) in [5, 5.41) is 14.0. The lowest BCUT2D eigenvalue weighted by Crippen LogP contribution is -2.23. The van der Waals surface area contributed by atoms with Gasteiger partial charge in [0.1, 0.15) is 10.7 Å². The van der Waals surface area contributed by atoms with Gasteiger partial charge in [-0.05, 0) is 12.1 Å². The highest BCUT2D eigenvalue weighted by Crippen LogP contribution is 2.04. The van der Waals surface area contributed by atoms with Gasteiger partial charge in [0.2, 0.25) is 0 Å². The Labute approximate surface area is 106 Å². The lowest BCUT2D eigenvalue weighted by molar-refractivity contribution is 0.0695. The van der Waals surface area contributed by atoms with E-state index in [1.54, 1.807) is 6.20 Å². The van der Waals surface area contributed by atoms with Crippen LogP contribution < -0.4 is 5.32 Å². The highest BCUT2D eigenvalue weighted by atomic mass is 32.1. The van der Waals surface area contributed by atoms with Crippen molar-refractivity contribution in [2.45, 2.75) is 6.54 Å². The van der Waals surface area contributed by atoms with Crippen molar-refractivity contribution in [1.29, 1.82) is 0 Å². The van der Waals surface area contributed by atoms with Crippen LogP contribution in [-0.2, 0) is 6.54 Å². The number of pyridine rings is 1. The summed E-state index contributed by atoms with van der Waals surface area (Å²) in [6.07, 6.45) is 2.81. The molecule has 0 unspecified atom stereocenters. The Hall–Kier alpha value is -2.28. The second kappa shape index (κ2) is 5.37. The van der Waals surface area contributed by atoms with Gasteiger partial charge in [-0.2, -0.15) is 0 Å². The zero-order valence-electron chi connectivity index (χ0n) is 9.16. The Morgan fingerprint density at radius 2 is 2.17 bits per heavy atom. The van der Waals surface area contributed by atoms with Crippen molar-refractivity contribution >= 4 is 23.2 Å². The molecule has 0 aliphatic carbocycles. The maximum atomic E-state index is 11.7. The Morgan fingerprint density at radius 3 is 2.72 bits per heavy atom. The molecule has 0 spiro atoms. The minimum absolute atomic E-state index is 0.0477. The first kappa shape index (κ1) is 12.2. The summed E-state index contributed by atoms with van der Waals surface area (Å²) in [6.45, 7) is 0.332. The predicted molar refractivity (Wildman–Crippen MR) is 64.5 cm³/mol. The van der Waals surface area contributed by atoms with Gasteiger partial charge < -0.3 is 10.4 Å². The molecular formula is C11H9N3O3S. The number of thiazole rings is 1. The van der Waals surface area contributed by atoms with E-state index in [-0.39, 0.29) is 17.2 Å². The topological polar surface area (TPSA) is 92.2 Å². The summed E-state index contributed by atoms with van der Waals surface area (Å²) in [6, 6.07) is 2.72. The molecular weight excluding hydrogens is 254 g/mol. The predicted octanol–water partition coefficient (Wildman–Crippen LogP) is 1.17. The first-order chi connectivity index (χ1) is 8.66. The summed E-state index contributed by atoms with van der Waals surface area (Å²) < 4.78 is 0. The minimum Gasteiger partial charge on any atom is -0.478 e. The van der Waals surface area contributed by atoms with Crippen molar-refractivity contribution in [1.82, 2.24) is 15.3 Å². The number of nitrogens with zero attached hydrogens (tertiary/aromatic N) is 2. The van der Waals surface area contributed by atoms with Crippen LogP contribution in [0.3, 0.4) is 0 Å². The van der Waals surface area contributed by atoms with E-state index in [1.165, 1.54) is 23.5 Å². The number of carbonyl (C=O) groups excluding carboxylic acids is 1. The molecule has 2 rings (SSSR count). The molecule has 1 amide bonds. The van der Waals surface area contributed by atoms with Crippen LogP contribution in [0.5, 0.6) is 0 Å². The standard InChI is InChI=1S/C11H9N3O3S/c15-10(14-6-9-12-3-4-18-9)8-2-1-7(5-13-8)11(16)17/h1-5H,6H2,(H,14,15)(H,16,17). The van der Waals surface area contributed by atoms with Crippen LogP contribution in [0, 0.1) is 0 Å². The van der Waals surface area contributed by atoms with E-state index in [4.69, 9.17) is 5.11 Å². The average molecular weight is 263 g/mol. The number of carbonyl (C=O) groups is 2. The third kappa shape index (κ3) is 2.89. The van der Waals surface area contributed by atoms with Gasteiger partial charge in [-0.3, -0.25) is 9.78 Å². The van der Waals surface area contributed by atoms with E-state index < -0.39 is 5.97 Å². The molecule has 18 heavy (non-hydrogen) atoms. The van der Waals surface area contributed by atoms with E-state index in [0.29, 0.717) is 6.54 Å². The van der Waals surface area contributed by atoms with Crippen LogP contribution in [-0.4, -0.2) is 27.0 Å². The molecule has 0 atom stereocenters. The van der Waals surface area contributed by atoms with Gasteiger partial charge in [0.15, 0.2) is 0 Å². The quantitative estimate of drug-likeness (QED) is 0.863. The zero-order chi connectivity index (χ0) is 13.0. The number of nitrogens with one attached hydrogen (secondary N) is 1. The Balaban J connectivity index is 1.98. The molecule has 0 saturated heterocycles. The fourth-order valence-electron chi connectivity index (χ4n) is 1.24. The molecule has 2 heterocycles. The number of aromatic carboxylic acids is 1. The number of aromatic nitrogens is 2. The van der Waals surface area contributed by atoms with Crippen LogP contribution in [0.4, 0.5) is 0 Å². The molecule has 0 saturated carbocycles. The molecule has 2 aromatic heterocycles. The van der Waals surface area contributed by atoms with Crippen molar-refractivity contribution in [3.63, 3.8) is 0 Å². The molecule has 2 N–H and O–H groups in total. The fourth-order valence-corrected chi connectivity index (χ4v) is 1.80. The van der Waals surface area contributed by atoms with E-state index in [2.05, 4.69) is 15.3 Å². The summed E-state index contributed by atoms with van der Waals surface area (Å²) in [4.78, 5) is 30.1. The molecule has 0 aromatic carbocycles. The SMILES string of the molecule is O=C(O)c1ccc(C(=O)NCc2nccs2)nc1. The normalized spacial score (nSPS) is 10.0. The van der Waals surface area contributed by atoms with Gasteiger partial charge in [-0.25, -0.2) is 9.78 Å². The van der Waals surface area contributed by atoms with Crippen molar-refractivity contribution < 1.29 is 14.7 Å². The van der Waals surface area contributed by atoms with E-state index in [1.807, 2.05) is 5.38 Å². The first-order valence-electron chi connectivity index (χ1n) is 5.03. The van der Waals surface area contributed by atoms with Gasteiger partial charge in [-0.1, -0.05) is 0 Å². The molecule has 0 radical (unpaired) electrons. The van der Waals surface area contributed by atoms with E-state index in [9.17, 15) is 9.59 Å². The van der Waals surface area contributed by atoms with Gasteiger partial charge in [0, 0.05) is 17.8 Å². The average Bonchev–Trinajstić information content (AvgIpc) is 2.89. The number of rotatable bonds is 4. The van der Waals surface area contributed by atoms with Gasteiger partial charge in [-0.15, -0.1) is 11.3 Å². The number of carboxylic acids is 1. The summed E-state index contributed by atoms with van der Waals surface area (Å²) in [7, 11) is 0. The van der Waals surface area contributed by atoms with Crippen molar-refractivity contribution in [2.24, 2.45) is 0 Å². The zero-order valence-corrected chi connectivity index (χ0v) is 9.98. The van der Waals surface area contributed by atoms with E-state index >= 15 is 0 Å². The molecule has 2 aromatic rings. The maximum Gasteiger partial charge on any atom is 0.337 e. The molecule has 0 bridgehead atoms. The Kier molecular flexibility index (Phi) is 3.63. The Morgan fingerprint density at radius 1 is 1.33 bits per heavy atom. The van der Waals surface area contributed by atoms with Crippen LogP contribution in [0.2, 0.25) is 0 Å². The number of carboxylic acid groups (broad SMARTS) is 1. The van der Waals surface area contributed by atoms with Crippen molar-refractivity contribution in [3.8, 4) is 0 Å². The molecule has 6 nitrogen and oxygen atoms in total. The third-order valence-corrected chi connectivity index (χ3v) is 2.91. The highest BCUT2D eigenvalue weighted by molar-refractivity contribution is 7.09. The second-order valence-corrected chi connectivity index (χ2v) is 4.32. The summed E-state index contributed by atoms with van der Waals surface area (Å²) in [5.74, 6) is -1.43. The van der Waals surface area contributed by atoms with Gasteiger partial charge >= 0.3 is 5.97 Å². The van der Waals surface area contributed by atoms with Crippen LogP contribution >= 0.6 is 11.3 Å². The van der Waals surface area contributed by atoms with Crippen molar-refractivity contribution in [2.75, 3.05) is 0 Å². The van der Waals surface area contributed by atoms with Gasteiger partial charge in [0.05, 0.1) is 12.1 Å². The number of hydrogen-bond acceptors (Lipinski definition) is 5. The summed E-state index contributed by atoms with van der Waals surface area (Å²) >= 11 is 1.44.